The lowest BCUT2D eigenvalue weighted by molar-refractivity contribution is -0.144. The number of aromatic nitrogens is 2. The van der Waals surface area contributed by atoms with Crippen molar-refractivity contribution < 1.29 is 14.4 Å². The maximum absolute atomic E-state index is 11.8. The van der Waals surface area contributed by atoms with Crippen molar-refractivity contribution in [2.24, 2.45) is 10.9 Å². The van der Waals surface area contributed by atoms with E-state index in [1.165, 1.54) is 11.8 Å². The molecule has 2 N–H and O–H groups in total. The van der Waals surface area contributed by atoms with Crippen LogP contribution < -0.4 is 10.5 Å². The van der Waals surface area contributed by atoms with Gasteiger partial charge in [-0.1, -0.05) is 16.8 Å². The van der Waals surface area contributed by atoms with Crippen LogP contribution in [0.3, 0.4) is 0 Å². The molecule has 0 fully saturated rings. The first-order chi connectivity index (χ1) is 10.9. The number of nitrogens with two attached hydrogens (primary N) is 1. The van der Waals surface area contributed by atoms with E-state index in [1.807, 2.05) is 6.92 Å². The normalized spacial score (nSPS) is 11.4. The molecule has 0 atom stereocenters. The van der Waals surface area contributed by atoms with Gasteiger partial charge in [-0.2, -0.15) is 5.10 Å². The summed E-state index contributed by atoms with van der Waals surface area (Å²) >= 11 is 9.23. The summed E-state index contributed by atoms with van der Waals surface area (Å²) in [6, 6.07) is 4.87. The van der Waals surface area contributed by atoms with Gasteiger partial charge >= 0.3 is 5.97 Å². The molecule has 0 unspecified atom stereocenters. The Labute approximate surface area is 146 Å². The standard InChI is InChI=1S/C14H14BrClN4O3/c1-8-11(15)6-20(18-8)7-13(21)23-19-14(17)10-5-9(16)3-4-12(10)22-2/h3-6H,7H2,1-2H3,(H2,17,19). The van der Waals surface area contributed by atoms with Crippen LogP contribution in [0.1, 0.15) is 11.3 Å². The predicted octanol–water partition coefficient (Wildman–Crippen LogP) is 2.48. The summed E-state index contributed by atoms with van der Waals surface area (Å²) in [6.45, 7) is 1.73. The van der Waals surface area contributed by atoms with E-state index in [0.717, 1.165) is 10.2 Å². The third kappa shape index (κ3) is 4.46. The fourth-order valence-corrected chi connectivity index (χ4v) is 2.25. The highest BCUT2D eigenvalue weighted by molar-refractivity contribution is 9.10. The van der Waals surface area contributed by atoms with Gasteiger partial charge in [0.05, 0.1) is 22.8 Å². The Morgan fingerprint density at radius 3 is 2.87 bits per heavy atom. The van der Waals surface area contributed by atoms with Crippen molar-refractivity contribution in [2.45, 2.75) is 13.5 Å². The lowest BCUT2D eigenvalue weighted by atomic mass is 10.2. The molecule has 0 aliphatic rings. The molecule has 9 heteroatoms. The molecule has 23 heavy (non-hydrogen) atoms. The minimum Gasteiger partial charge on any atom is -0.496 e. The fraction of sp³-hybridized carbons (Fsp3) is 0.214. The molecule has 0 radical (unpaired) electrons. The van der Waals surface area contributed by atoms with Crippen molar-refractivity contribution in [1.29, 1.82) is 0 Å². The summed E-state index contributed by atoms with van der Waals surface area (Å²) in [6.07, 6.45) is 1.67. The van der Waals surface area contributed by atoms with Crippen molar-refractivity contribution in [3.63, 3.8) is 0 Å². The van der Waals surface area contributed by atoms with Crippen LogP contribution in [0.15, 0.2) is 34.0 Å². The van der Waals surface area contributed by atoms with E-state index in [9.17, 15) is 4.79 Å². The average molecular weight is 402 g/mol. The topological polar surface area (TPSA) is 91.7 Å². The average Bonchev–Trinajstić information content (AvgIpc) is 2.82. The number of carbonyl (C=O) groups is 1. The van der Waals surface area contributed by atoms with Crippen LogP contribution in [0.2, 0.25) is 5.02 Å². The van der Waals surface area contributed by atoms with E-state index in [4.69, 9.17) is 26.9 Å². The number of oxime groups is 1. The second kappa shape index (κ2) is 7.47. The number of rotatable bonds is 5. The lowest BCUT2D eigenvalue weighted by Gasteiger charge is -2.07. The first kappa shape index (κ1) is 17.3. The van der Waals surface area contributed by atoms with Crippen LogP contribution in [0.5, 0.6) is 5.75 Å². The van der Waals surface area contributed by atoms with Gasteiger partial charge in [-0.15, -0.1) is 0 Å². The summed E-state index contributed by atoms with van der Waals surface area (Å²) < 4.78 is 7.40. The molecule has 0 amide bonds. The number of hydrogen-bond acceptors (Lipinski definition) is 5. The van der Waals surface area contributed by atoms with Crippen molar-refractivity contribution in [2.75, 3.05) is 7.11 Å². The van der Waals surface area contributed by atoms with Gasteiger partial charge in [0.2, 0.25) is 0 Å². The Morgan fingerprint density at radius 1 is 1.52 bits per heavy atom. The number of nitrogens with zero attached hydrogens (tertiary/aromatic N) is 3. The van der Waals surface area contributed by atoms with Crippen LogP contribution in [0.4, 0.5) is 0 Å². The molecule has 0 spiro atoms. The van der Waals surface area contributed by atoms with E-state index in [1.54, 1.807) is 24.4 Å². The van der Waals surface area contributed by atoms with Crippen LogP contribution in [-0.2, 0) is 16.2 Å². The molecule has 2 rings (SSSR count). The molecule has 7 nitrogen and oxygen atoms in total. The van der Waals surface area contributed by atoms with Crippen LogP contribution in [0, 0.1) is 6.92 Å². The number of benzene rings is 1. The maximum Gasteiger partial charge on any atom is 0.356 e. The van der Waals surface area contributed by atoms with Gasteiger partial charge < -0.3 is 15.3 Å². The molecule has 0 aliphatic carbocycles. The van der Waals surface area contributed by atoms with Crippen molar-refractivity contribution in [3.05, 3.63) is 45.1 Å². The monoisotopic (exact) mass is 400 g/mol. The lowest BCUT2D eigenvalue weighted by Crippen LogP contribution is -2.18. The highest BCUT2D eigenvalue weighted by Gasteiger charge is 2.11. The third-order valence-electron chi connectivity index (χ3n) is 2.86. The highest BCUT2D eigenvalue weighted by Crippen LogP contribution is 2.22. The van der Waals surface area contributed by atoms with Crippen LogP contribution in [-0.4, -0.2) is 28.7 Å². The quantitative estimate of drug-likeness (QED) is 0.360. The predicted molar refractivity (Wildman–Crippen MR) is 89.5 cm³/mol. The largest absolute Gasteiger partial charge is 0.496 e. The van der Waals surface area contributed by atoms with Gasteiger partial charge in [-0.25, -0.2) is 4.79 Å². The molecule has 2 aromatic rings. The minimum absolute atomic E-state index is 0.0180. The first-order valence-corrected chi connectivity index (χ1v) is 7.64. The Balaban J connectivity index is 2.07. The molecule has 0 saturated carbocycles. The van der Waals surface area contributed by atoms with E-state index in [0.29, 0.717) is 16.3 Å². The molecule has 0 aliphatic heterocycles. The SMILES string of the molecule is COc1ccc(Cl)cc1/C(N)=N/OC(=O)Cn1cc(Br)c(C)n1. The Bertz CT molecular complexity index is 741. The molecular weight excluding hydrogens is 388 g/mol. The highest BCUT2D eigenvalue weighted by atomic mass is 79.9. The van der Waals surface area contributed by atoms with E-state index in [-0.39, 0.29) is 12.4 Å². The molecule has 1 aromatic heterocycles. The number of amidine groups is 1. The van der Waals surface area contributed by atoms with E-state index >= 15 is 0 Å². The molecule has 122 valence electrons. The molecule has 1 heterocycles. The maximum atomic E-state index is 11.8. The Kier molecular flexibility index (Phi) is 5.62. The van der Waals surface area contributed by atoms with Gasteiger partial charge in [0.1, 0.15) is 12.3 Å². The van der Waals surface area contributed by atoms with E-state index < -0.39 is 5.97 Å². The van der Waals surface area contributed by atoms with Crippen molar-refractivity contribution >= 4 is 39.3 Å². The number of hydrogen-bond donors (Lipinski definition) is 1. The first-order valence-electron chi connectivity index (χ1n) is 6.47. The Hall–Kier alpha value is -2.06. The zero-order valence-corrected chi connectivity index (χ0v) is 14.8. The van der Waals surface area contributed by atoms with Gasteiger partial charge in [-0.3, -0.25) is 4.68 Å². The number of halogens is 2. The van der Waals surface area contributed by atoms with Crippen molar-refractivity contribution in [1.82, 2.24) is 9.78 Å². The van der Waals surface area contributed by atoms with Crippen LogP contribution >= 0.6 is 27.5 Å². The van der Waals surface area contributed by atoms with Crippen molar-refractivity contribution in [3.8, 4) is 5.75 Å². The minimum atomic E-state index is -0.607. The van der Waals surface area contributed by atoms with Gasteiger partial charge in [0, 0.05) is 11.2 Å². The second-order valence-electron chi connectivity index (χ2n) is 4.54. The molecule has 0 saturated heterocycles. The summed E-state index contributed by atoms with van der Waals surface area (Å²) in [5.41, 5.74) is 7.02. The fourth-order valence-electron chi connectivity index (χ4n) is 1.77. The molecular formula is C14H14BrClN4O3. The Morgan fingerprint density at radius 2 is 2.26 bits per heavy atom. The van der Waals surface area contributed by atoms with Gasteiger partial charge in [0.25, 0.3) is 0 Å². The number of carbonyl (C=O) groups excluding carboxylic acids is 1. The number of ether oxygens (including phenoxy) is 1. The summed E-state index contributed by atoms with van der Waals surface area (Å²) in [5.74, 6) is -0.155. The zero-order chi connectivity index (χ0) is 17.0. The van der Waals surface area contributed by atoms with Gasteiger partial charge in [0.15, 0.2) is 5.84 Å². The smallest absolute Gasteiger partial charge is 0.356 e. The molecule has 0 bridgehead atoms. The zero-order valence-electron chi connectivity index (χ0n) is 12.4. The molecule has 1 aromatic carbocycles. The second-order valence-corrected chi connectivity index (χ2v) is 5.84. The number of methoxy groups -OCH3 is 1. The summed E-state index contributed by atoms with van der Waals surface area (Å²) in [4.78, 5) is 16.6. The summed E-state index contributed by atoms with van der Waals surface area (Å²) in [5, 5.41) is 8.21. The van der Waals surface area contributed by atoms with E-state index in [2.05, 4.69) is 26.2 Å². The van der Waals surface area contributed by atoms with Crippen LogP contribution in [0.25, 0.3) is 0 Å². The third-order valence-corrected chi connectivity index (χ3v) is 3.87. The summed E-state index contributed by atoms with van der Waals surface area (Å²) in [7, 11) is 1.49. The van der Waals surface area contributed by atoms with Gasteiger partial charge in [-0.05, 0) is 41.1 Å². The number of aryl methyl sites for hydroxylation is 1.